The van der Waals surface area contributed by atoms with E-state index in [-0.39, 0.29) is 12.0 Å². The first-order chi connectivity index (χ1) is 9.13. The number of amides is 2. The van der Waals surface area contributed by atoms with Gasteiger partial charge in [-0.25, -0.2) is 4.79 Å². The summed E-state index contributed by atoms with van der Waals surface area (Å²) >= 11 is 11.7. The lowest BCUT2D eigenvalue weighted by Crippen LogP contribution is -2.43. The molecule has 0 aliphatic heterocycles. The Balaban J connectivity index is 2.93. The number of hydrogen-bond donors (Lipinski definition) is 0. The molecule has 0 radical (unpaired) electrons. The van der Waals surface area contributed by atoms with Gasteiger partial charge >= 0.3 is 6.03 Å². The molecule has 102 valence electrons. The molecule has 19 heavy (non-hydrogen) atoms. The second kappa shape index (κ2) is 7.87. The van der Waals surface area contributed by atoms with Crippen LogP contribution in [0, 0.1) is 0 Å². The zero-order valence-electron chi connectivity index (χ0n) is 10.6. The van der Waals surface area contributed by atoms with E-state index in [1.165, 1.54) is 4.90 Å². The molecule has 0 unspecified atom stereocenters. The zero-order valence-corrected chi connectivity index (χ0v) is 12.1. The second-order valence-electron chi connectivity index (χ2n) is 3.79. The van der Waals surface area contributed by atoms with Crippen LogP contribution in [0.4, 0.5) is 10.5 Å². The number of carbonyl (C=O) groups excluding carboxylic acids is 1. The summed E-state index contributed by atoms with van der Waals surface area (Å²) in [7, 11) is 0. The number of urea groups is 1. The van der Waals surface area contributed by atoms with E-state index >= 15 is 0 Å². The van der Waals surface area contributed by atoms with Gasteiger partial charge in [-0.15, -0.1) is 24.8 Å². The minimum Gasteiger partial charge on any atom is -0.317 e. The number of halogens is 2. The zero-order chi connectivity index (χ0) is 14.3. The van der Waals surface area contributed by atoms with Crippen molar-refractivity contribution in [2.75, 3.05) is 24.0 Å². The van der Waals surface area contributed by atoms with Crippen molar-refractivity contribution in [2.45, 2.75) is 0 Å². The maximum Gasteiger partial charge on any atom is 0.326 e. The molecule has 3 nitrogen and oxygen atoms in total. The minimum absolute atomic E-state index is 0.0608. The number of hydrogen-bond acceptors (Lipinski definition) is 1. The summed E-state index contributed by atoms with van der Waals surface area (Å²) in [5.74, 6) is 0. The molecular weight excluding hydrogens is 283 g/mol. The third kappa shape index (κ3) is 4.30. The van der Waals surface area contributed by atoms with Gasteiger partial charge in [0.2, 0.25) is 0 Å². The Bertz CT molecular complexity index is 435. The number of nitrogens with zero attached hydrogens (tertiary/aromatic N) is 2. The van der Waals surface area contributed by atoms with E-state index in [2.05, 4.69) is 13.2 Å². The van der Waals surface area contributed by atoms with Crippen LogP contribution in [0.25, 0.3) is 0 Å². The van der Waals surface area contributed by atoms with Crippen LogP contribution in [-0.2, 0) is 0 Å². The minimum atomic E-state index is -0.197. The van der Waals surface area contributed by atoms with Gasteiger partial charge in [0.25, 0.3) is 0 Å². The summed E-state index contributed by atoms with van der Waals surface area (Å²) in [6.07, 6.45) is 3.32. The van der Waals surface area contributed by atoms with Crippen LogP contribution in [0.1, 0.15) is 0 Å². The second-order valence-corrected chi connectivity index (χ2v) is 4.46. The normalized spacial score (nSPS) is 9.79. The van der Waals surface area contributed by atoms with E-state index in [9.17, 15) is 4.79 Å². The highest BCUT2D eigenvalue weighted by atomic mass is 35.5. The Morgan fingerprint density at radius 1 is 1.16 bits per heavy atom. The molecule has 1 aromatic carbocycles. The number of alkyl halides is 1. The van der Waals surface area contributed by atoms with Gasteiger partial charge in [0.1, 0.15) is 6.00 Å². The van der Waals surface area contributed by atoms with Crippen molar-refractivity contribution in [1.82, 2.24) is 4.90 Å². The van der Waals surface area contributed by atoms with Gasteiger partial charge < -0.3 is 4.90 Å². The van der Waals surface area contributed by atoms with E-state index in [4.69, 9.17) is 23.2 Å². The molecule has 0 aliphatic carbocycles. The van der Waals surface area contributed by atoms with Crippen molar-refractivity contribution in [3.8, 4) is 0 Å². The molecular formula is C14H16Cl2N2O. The van der Waals surface area contributed by atoms with Crippen molar-refractivity contribution in [3.05, 3.63) is 54.6 Å². The van der Waals surface area contributed by atoms with Crippen LogP contribution in [0.2, 0.25) is 5.02 Å². The molecule has 0 aromatic heterocycles. The molecule has 0 N–H and O–H groups in total. The first-order valence-corrected chi connectivity index (χ1v) is 6.65. The summed E-state index contributed by atoms with van der Waals surface area (Å²) in [6.45, 7) is 8.15. The van der Waals surface area contributed by atoms with Crippen LogP contribution in [0.3, 0.4) is 0 Å². The molecule has 1 aromatic rings. The average molecular weight is 299 g/mol. The van der Waals surface area contributed by atoms with Gasteiger partial charge in [-0.1, -0.05) is 23.8 Å². The standard InChI is InChI=1S/C14H16Cl2N2O/c1-3-9-17(10-4-2)14(19)18(11-15)13-7-5-12(16)6-8-13/h3-8H,1-2,9-11H2. The van der Waals surface area contributed by atoms with E-state index in [1.807, 2.05) is 0 Å². The molecule has 0 saturated heterocycles. The number of rotatable bonds is 6. The molecule has 0 saturated carbocycles. The number of anilines is 1. The Morgan fingerprint density at radius 2 is 1.68 bits per heavy atom. The molecule has 0 heterocycles. The smallest absolute Gasteiger partial charge is 0.317 e. The fraction of sp³-hybridized carbons (Fsp3) is 0.214. The third-order valence-corrected chi connectivity index (χ3v) is 2.95. The largest absolute Gasteiger partial charge is 0.326 e. The van der Waals surface area contributed by atoms with Gasteiger partial charge in [-0.05, 0) is 24.3 Å². The molecule has 0 fully saturated rings. The van der Waals surface area contributed by atoms with Crippen LogP contribution in [0.5, 0.6) is 0 Å². The molecule has 1 rings (SSSR count). The number of carbonyl (C=O) groups is 1. The van der Waals surface area contributed by atoms with Crippen molar-refractivity contribution in [2.24, 2.45) is 0 Å². The summed E-state index contributed by atoms with van der Waals surface area (Å²) in [4.78, 5) is 15.4. The highest BCUT2D eigenvalue weighted by molar-refractivity contribution is 6.30. The van der Waals surface area contributed by atoms with Crippen LogP contribution in [0.15, 0.2) is 49.6 Å². The number of benzene rings is 1. The SMILES string of the molecule is C=CCN(CC=C)C(=O)N(CCl)c1ccc(Cl)cc1. The Hall–Kier alpha value is -1.45. The molecule has 0 atom stereocenters. The summed E-state index contributed by atoms with van der Waals surface area (Å²) < 4.78 is 0. The predicted octanol–water partition coefficient (Wildman–Crippen LogP) is 4.14. The van der Waals surface area contributed by atoms with Crippen LogP contribution in [-0.4, -0.2) is 30.0 Å². The van der Waals surface area contributed by atoms with Crippen molar-refractivity contribution in [3.63, 3.8) is 0 Å². The van der Waals surface area contributed by atoms with Gasteiger partial charge in [0.05, 0.1) is 0 Å². The van der Waals surface area contributed by atoms with Crippen LogP contribution < -0.4 is 4.90 Å². The van der Waals surface area contributed by atoms with E-state index < -0.39 is 0 Å². The fourth-order valence-corrected chi connectivity index (χ4v) is 1.93. The summed E-state index contributed by atoms with van der Waals surface area (Å²) in [5, 5.41) is 0.611. The first-order valence-electron chi connectivity index (χ1n) is 5.73. The maximum absolute atomic E-state index is 12.4. The Morgan fingerprint density at radius 3 is 2.11 bits per heavy atom. The van der Waals surface area contributed by atoms with Gasteiger partial charge in [0, 0.05) is 23.8 Å². The van der Waals surface area contributed by atoms with Gasteiger partial charge in [-0.3, -0.25) is 4.90 Å². The monoisotopic (exact) mass is 298 g/mol. The molecule has 0 bridgehead atoms. The Kier molecular flexibility index (Phi) is 6.46. The molecule has 0 spiro atoms. The lowest BCUT2D eigenvalue weighted by molar-refractivity contribution is 0.216. The summed E-state index contributed by atoms with van der Waals surface area (Å²) in [6, 6.07) is 6.80. The van der Waals surface area contributed by atoms with Crippen molar-refractivity contribution < 1.29 is 4.79 Å². The molecule has 2 amide bonds. The highest BCUT2D eigenvalue weighted by Gasteiger charge is 2.19. The lowest BCUT2D eigenvalue weighted by atomic mass is 10.3. The molecule has 5 heteroatoms. The van der Waals surface area contributed by atoms with Gasteiger partial charge in [0.15, 0.2) is 0 Å². The van der Waals surface area contributed by atoms with Gasteiger partial charge in [-0.2, -0.15) is 0 Å². The maximum atomic E-state index is 12.4. The fourth-order valence-electron chi connectivity index (χ4n) is 1.56. The highest BCUT2D eigenvalue weighted by Crippen LogP contribution is 2.20. The predicted molar refractivity (Wildman–Crippen MR) is 82.0 cm³/mol. The van der Waals surface area contributed by atoms with Crippen molar-refractivity contribution in [1.29, 1.82) is 0 Å². The van der Waals surface area contributed by atoms with E-state index in [0.29, 0.717) is 23.8 Å². The molecule has 0 aliphatic rings. The lowest BCUT2D eigenvalue weighted by Gasteiger charge is -2.28. The Labute approximate surface area is 123 Å². The first kappa shape index (κ1) is 15.6. The van der Waals surface area contributed by atoms with E-state index in [0.717, 1.165) is 0 Å². The topological polar surface area (TPSA) is 23.6 Å². The van der Waals surface area contributed by atoms with E-state index in [1.54, 1.807) is 41.3 Å². The summed E-state index contributed by atoms with van der Waals surface area (Å²) in [5.41, 5.74) is 0.697. The van der Waals surface area contributed by atoms with Crippen LogP contribution >= 0.6 is 23.2 Å². The third-order valence-electron chi connectivity index (χ3n) is 2.46. The quantitative estimate of drug-likeness (QED) is 0.440. The average Bonchev–Trinajstić information content (AvgIpc) is 2.41. The van der Waals surface area contributed by atoms with Crippen molar-refractivity contribution >= 4 is 34.9 Å².